The third-order valence-corrected chi connectivity index (χ3v) is 3.67. The summed E-state index contributed by atoms with van der Waals surface area (Å²) in [6.07, 6.45) is 4.12. The van der Waals surface area contributed by atoms with Crippen molar-refractivity contribution >= 4 is 16.6 Å². The number of ether oxygens (including phenoxy) is 1. The lowest BCUT2D eigenvalue weighted by Crippen LogP contribution is -2.35. The van der Waals surface area contributed by atoms with Crippen LogP contribution in [0.2, 0.25) is 0 Å². The Morgan fingerprint density at radius 1 is 1.21 bits per heavy atom. The van der Waals surface area contributed by atoms with Crippen molar-refractivity contribution in [1.82, 2.24) is 10.3 Å². The summed E-state index contributed by atoms with van der Waals surface area (Å²) in [5.74, 6) is 1.86. The predicted octanol–water partition coefficient (Wildman–Crippen LogP) is 2.41. The summed E-state index contributed by atoms with van der Waals surface area (Å²) in [6.45, 7) is 2.15. The van der Waals surface area contributed by atoms with Gasteiger partial charge < -0.3 is 15.4 Å². The number of anilines is 1. The van der Waals surface area contributed by atoms with E-state index in [-0.39, 0.29) is 0 Å². The van der Waals surface area contributed by atoms with Crippen molar-refractivity contribution in [1.29, 1.82) is 0 Å². The van der Waals surface area contributed by atoms with E-state index in [2.05, 4.69) is 21.7 Å². The number of fused-ring (bicyclic) bond motifs is 1. The number of rotatable bonds is 3. The predicted molar refractivity (Wildman–Crippen MR) is 77.8 cm³/mol. The van der Waals surface area contributed by atoms with E-state index in [1.807, 2.05) is 24.4 Å². The normalized spacial score (nSPS) is 16.5. The molecule has 1 saturated heterocycles. The smallest absolute Gasteiger partial charge is 0.134 e. The van der Waals surface area contributed by atoms with Gasteiger partial charge in [0, 0.05) is 23.0 Å². The highest BCUT2D eigenvalue weighted by Gasteiger charge is 2.14. The maximum absolute atomic E-state index is 5.41. The third-order valence-electron chi connectivity index (χ3n) is 3.67. The van der Waals surface area contributed by atoms with Gasteiger partial charge in [0.2, 0.25) is 0 Å². The first-order chi connectivity index (χ1) is 9.38. The van der Waals surface area contributed by atoms with E-state index < -0.39 is 0 Å². The molecule has 0 bridgehead atoms. The Balaban J connectivity index is 1.94. The van der Waals surface area contributed by atoms with Crippen LogP contribution >= 0.6 is 0 Å². The van der Waals surface area contributed by atoms with Crippen LogP contribution in [-0.2, 0) is 0 Å². The maximum atomic E-state index is 5.41. The second kappa shape index (κ2) is 5.45. The largest absolute Gasteiger partial charge is 0.496 e. The SMILES string of the molecule is COc1cccc2c(NC3CCNCC3)nccc12. The molecular formula is C15H19N3O. The van der Waals surface area contributed by atoms with Crippen LogP contribution in [0.25, 0.3) is 10.8 Å². The fourth-order valence-corrected chi connectivity index (χ4v) is 2.63. The van der Waals surface area contributed by atoms with Gasteiger partial charge in [-0.05, 0) is 38.1 Å². The Labute approximate surface area is 113 Å². The molecule has 1 fully saturated rings. The monoisotopic (exact) mass is 257 g/mol. The Morgan fingerprint density at radius 2 is 2.05 bits per heavy atom. The summed E-state index contributed by atoms with van der Waals surface area (Å²) in [6, 6.07) is 8.59. The van der Waals surface area contributed by atoms with Crippen LogP contribution < -0.4 is 15.4 Å². The van der Waals surface area contributed by atoms with Crippen molar-refractivity contribution in [3.8, 4) is 5.75 Å². The molecule has 3 rings (SSSR count). The summed E-state index contributed by atoms with van der Waals surface area (Å²) in [5, 5.41) is 9.18. The Morgan fingerprint density at radius 3 is 2.84 bits per heavy atom. The second-order valence-corrected chi connectivity index (χ2v) is 4.88. The summed E-state index contributed by atoms with van der Waals surface area (Å²) < 4.78 is 5.41. The molecule has 0 amide bonds. The molecule has 4 heteroatoms. The molecule has 1 aliphatic heterocycles. The van der Waals surface area contributed by atoms with Crippen molar-refractivity contribution in [2.75, 3.05) is 25.5 Å². The summed E-state index contributed by atoms with van der Waals surface area (Å²) >= 11 is 0. The van der Waals surface area contributed by atoms with Gasteiger partial charge in [0.1, 0.15) is 11.6 Å². The van der Waals surface area contributed by atoms with Gasteiger partial charge in [0.15, 0.2) is 0 Å². The van der Waals surface area contributed by atoms with Crippen molar-refractivity contribution in [3.63, 3.8) is 0 Å². The molecule has 0 atom stereocenters. The first kappa shape index (κ1) is 12.2. The first-order valence-electron chi connectivity index (χ1n) is 6.77. The van der Waals surface area contributed by atoms with Gasteiger partial charge in [0.25, 0.3) is 0 Å². The topological polar surface area (TPSA) is 46.2 Å². The van der Waals surface area contributed by atoms with Crippen molar-refractivity contribution in [3.05, 3.63) is 30.5 Å². The number of aromatic nitrogens is 1. The molecule has 19 heavy (non-hydrogen) atoms. The van der Waals surface area contributed by atoms with Crippen LogP contribution in [0.1, 0.15) is 12.8 Å². The lowest BCUT2D eigenvalue weighted by atomic mass is 10.1. The Bertz CT molecular complexity index is 564. The minimum absolute atomic E-state index is 0.505. The highest BCUT2D eigenvalue weighted by atomic mass is 16.5. The van der Waals surface area contributed by atoms with Crippen LogP contribution in [0, 0.1) is 0 Å². The number of pyridine rings is 1. The lowest BCUT2D eigenvalue weighted by Gasteiger charge is -2.24. The van der Waals surface area contributed by atoms with Gasteiger partial charge in [-0.25, -0.2) is 4.98 Å². The standard InChI is InChI=1S/C15H19N3O/c1-19-14-4-2-3-13-12(14)7-10-17-15(13)18-11-5-8-16-9-6-11/h2-4,7,10-11,16H,5-6,8-9H2,1H3,(H,17,18). The number of nitrogens with one attached hydrogen (secondary N) is 2. The molecule has 1 aliphatic rings. The molecule has 100 valence electrons. The van der Waals surface area contributed by atoms with Crippen molar-refractivity contribution in [2.45, 2.75) is 18.9 Å². The molecule has 1 aromatic heterocycles. The highest BCUT2D eigenvalue weighted by Crippen LogP contribution is 2.29. The van der Waals surface area contributed by atoms with Gasteiger partial charge >= 0.3 is 0 Å². The number of hydrogen-bond donors (Lipinski definition) is 2. The summed E-state index contributed by atoms with van der Waals surface area (Å²) in [4.78, 5) is 4.49. The van der Waals surface area contributed by atoms with Crippen LogP contribution in [-0.4, -0.2) is 31.2 Å². The molecule has 4 nitrogen and oxygen atoms in total. The van der Waals surface area contributed by atoms with Crippen LogP contribution in [0.5, 0.6) is 5.75 Å². The zero-order chi connectivity index (χ0) is 13.1. The van der Waals surface area contributed by atoms with E-state index in [9.17, 15) is 0 Å². The number of benzene rings is 1. The second-order valence-electron chi connectivity index (χ2n) is 4.88. The maximum Gasteiger partial charge on any atom is 0.134 e. The zero-order valence-electron chi connectivity index (χ0n) is 11.1. The third kappa shape index (κ3) is 2.49. The fraction of sp³-hybridized carbons (Fsp3) is 0.400. The molecule has 0 aliphatic carbocycles. The summed E-state index contributed by atoms with van der Waals surface area (Å²) in [5.41, 5.74) is 0. The van der Waals surface area contributed by atoms with E-state index in [4.69, 9.17) is 4.74 Å². The zero-order valence-corrected chi connectivity index (χ0v) is 11.1. The molecule has 0 saturated carbocycles. The molecule has 2 heterocycles. The minimum atomic E-state index is 0.505. The van der Waals surface area contributed by atoms with Gasteiger partial charge in [-0.15, -0.1) is 0 Å². The van der Waals surface area contributed by atoms with E-state index in [0.29, 0.717) is 6.04 Å². The van der Waals surface area contributed by atoms with Crippen LogP contribution in [0.4, 0.5) is 5.82 Å². The van der Waals surface area contributed by atoms with E-state index in [1.165, 1.54) is 0 Å². The van der Waals surface area contributed by atoms with Crippen LogP contribution in [0.3, 0.4) is 0 Å². The summed E-state index contributed by atoms with van der Waals surface area (Å²) in [7, 11) is 1.70. The first-order valence-corrected chi connectivity index (χ1v) is 6.77. The molecule has 1 aromatic carbocycles. The fourth-order valence-electron chi connectivity index (χ4n) is 2.63. The number of nitrogens with zero attached hydrogens (tertiary/aromatic N) is 1. The van der Waals surface area contributed by atoms with Crippen molar-refractivity contribution in [2.24, 2.45) is 0 Å². The molecule has 0 spiro atoms. The van der Waals surface area contributed by atoms with Gasteiger partial charge in [-0.2, -0.15) is 0 Å². The number of methoxy groups -OCH3 is 1. The number of hydrogen-bond acceptors (Lipinski definition) is 4. The van der Waals surface area contributed by atoms with Gasteiger partial charge in [-0.1, -0.05) is 12.1 Å². The van der Waals surface area contributed by atoms with Crippen LogP contribution in [0.15, 0.2) is 30.5 Å². The number of piperidine rings is 1. The lowest BCUT2D eigenvalue weighted by molar-refractivity contribution is 0.420. The Kier molecular flexibility index (Phi) is 3.51. The van der Waals surface area contributed by atoms with E-state index in [0.717, 1.165) is 48.3 Å². The molecular weight excluding hydrogens is 238 g/mol. The molecule has 0 radical (unpaired) electrons. The molecule has 2 aromatic rings. The molecule has 2 N–H and O–H groups in total. The average molecular weight is 257 g/mol. The quantitative estimate of drug-likeness (QED) is 0.886. The average Bonchev–Trinajstić information content (AvgIpc) is 2.48. The Hall–Kier alpha value is -1.81. The minimum Gasteiger partial charge on any atom is -0.496 e. The van der Waals surface area contributed by atoms with Crippen molar-refractivity contribution < 1.29 is 4.74 Å². The van der Waals surface area contributed by atoms with E-state index >= 15 is 0 Å². The van der Waals surface area contributed by atoms with Gasteiger partial charge in [0.05, 0.1) is 7.11 Å². The molecule has 0 unspecified atom stereocenters. The highest BCUT2D eigenvalue weighted by molar-refractivity contribution is 5.95. The van der Waals surface area contributed by atoms with Gasteiger partial charge in [-0.3, -0.25) is 0 Å². The van der Waals surface area contributed by atoms with E-state index in [1.54, 1.807) is 7.11 Å².